The molecule has 2 heteroatoms. The van der Waals surface area contributed by atoms with E-state index in [-0.39, 0.29) is 19.9 Å². The molecule has 1 aliphatic rings. The third-order valence-corrected chi connectivity index (χ3v) is 12.2. The van der Waals surface area contributed by atoms with E-state index in [0.717, 1.165) is 5.69 Å². The SMILES string of the molecule is CC1(C)c2ccccc2-c2ccc(N(c3ccc(-c4ccccc4)cc3)c3cccc4ccc5c6ccccc6[se]c5c34)cc21. The van der Waals surface area contributed by atoms with Crippen molar-refractivity contribution in [2.45, 2.75) is 19.3 Å². The third-order valence-electron chi connectivity index (χ3n) is 9.66. The summed E-state index contributed by atoms with van der Waals surface area (Å²) in [5.41, 5.74) is 11.5. The zero-order valence-corrected chi connectivity index (χ0v) is 27.0. The van der Waals surface area contributed by atoms with Crippen LogP contribution in [-0.4, -0.2) is 14.5 Å². The molecular formula is C43H31NSe. The summed E-state index contributed by atoms with van der Waals surface area (Å²) in [6.07, 6.45) is 0. The van der Waals surface area contributed by atoms with Crippen LogP contribution in [0.1, 0.15) is 25.0 Å². The minimum absolute atomic E-state index is 0.0739. The van der Waals surface area contributed by atoms with E-state index in [2.05, 4.69) is 170 Å². The van der Waals surface area contributed by atoms with Gasteiger partial charge < -0.3 is 0 Å². The van der Waals surface area contributed by atoms with Crippen LogP contribution in [0.15, 0.2) is 152 Å². The van der Waals surface area contributed by atoms with Crippen LogP contribution in [0.4, 0.5) is 17.1 Å². The van der Waals surface area contributed by atoms with Crippen molar-refractivity contribution < 1.29 is 0 Å². The molecule has 0 bridgehead atoms. The van der Waals surface area contributed by atoms with Crippen molar-refractivity contribution in [1.29, 1.82) is 0 Å². The molecule has 9 rings (SSSR count). The molecule has 1 nitrogen and oxygen atoms in total. The quantitative estimate of drug-likeness (QED) is 0.173. The van der Waals surface area contributed by atoms with Crippen molar-refractivity contribution in [2.75, 3.05) is 4.90 Å². The van der Waals surface area contributed by atoms with Crippen molar-refractivity contribution >= 4 is 61.6 Å². The second-order valence-electron chi connectivity index (χ2n) is 12.6. The van der Waals surface area contributed by atoms with E-state index in [9.17, 15) is 0 Å². The first-order valence-corrected chi connectivity index (χ1v) is 17.3. The van der Waals surface area contributed by atoms with Crippen LogP contribution in [0.5, 0.6) is 0 Å². The average molecular weight is 641 g/mol. The summed E-state index contributed by atoms with van der Waals surface area (Å²) in [6.45, 7) is 4.73. The number of benzene rings is 7. The fraction of sp³-hybridized carbons (Fsp3) is 0.0698. The maximum absolute atomic E-state index is 2.50. The molecule has 0 saturated carbocycles. The number of nitrogens with zero attached hydrogens (tertiary/aromatic N) is 1. The van der Waals surface area contributed by atoms with Gasteiger partial charge in [-0.2, -0.15) is 0 Å². The number of rotatable bonds is 4. The van der Waals surface area contributed by atoms with Gasteiger partial charge in [-0.3, -0.25) is 0 Å². The predicted molar refractivity (Wildman–Crippen MR) is 194 cm³/mol. The van der Waals surface area contributed by atoms with Gasteiger partial charge in [0.25, 0.3) is 0 Å². The zero-order valence-electron chi connectivity index (χ0n) is 25.3. The van der Waals surface area contributed by atoms with Crippen LogP contribution in [0.3, 0.4) is 0 Å². The van der Waals surface area contributed by atoms with Gasteiger partial charge in [0.05, 0.1) is 0 Å². The van der Waals surface area contributed by atoms with Gasteiger partial charge in [0.15, 0.2) is 0 Å². The Labute approximate surface area is 269 Å². The first-order chi connectivity index (χ1) is 22.1. The second-order valence-corrected chi connectivity index (χ2v) is 14.8. The number of hydrogen-bond acceptors (Lipinski definition) is 1. The molecule has 0 saturated heterocycles. The third kappa shape index (κ3) is 4.07. The van der Waals surface area contributed by atoms with Gasteiger partial charge in [0.1, 0.15) is 0 Å². The number of fused-ring (bicyclic) bond motifs is 8. The van der Waals surface area contributed by atoms with E-state index in [0.29, 0.717) is 0 Å². The predicted octanol–water partition coefficient (Wildman–Crippen LogP) is 11.6. The summed E-state index contributed by atoms with van der Waals surface area (Å²) in [7, 11) is 0. The number of anilines is 3. The minimum atomic E-state index is -0.0739. The molecule has 0 spiro atoms. The molecule has 7 aromatic carbocycles. The first-order valence-electron chi connectivity index (χ1n) is 15.6. The van der Waals surface area contributed by atoms with Crippen molar-refractivity contribution in [3.05, 3.63) is 163 Å². The van der Waals surface area contributed by atoms with Crippen molar-refractivity contribution in [1.82, 2.24) is 0 Å². The Hall–Kier alpha value is -4.88. The van der Waals surface area contributed by atoms with Gasteiger partial charge in [0, 0.05) is 0 Å². The number of hydrogen-bond donors (Lipinski definition) is 0. The average Bonchev–Trinajstić information content (AvgIpc) is 3.58. The second kappa shape index (κ2) is 10.1. The molecule has 0 N–H and O–H groups in total. The van der Waals surface area contributed by atoms with Gasteiger partial charge in [-0.15, -0.1) is 0 Å². The summed E-state index contributed by atoms with van der Waals surface area (Å²) in [5.74, 6) is 0. The van der Waals surface area contributed by atoms with Gasteiger partial charge >= 0.3 is 271 Å². The Kier molecular flexibility index (Phi) is 5.94. The van der Waals surface area contributed by atoms with E-state index in [1.54, 1.807) is 0 Å². The van der Waals surface area contributed by atoms with E-state index in [1.807, 2.05) is 0 Å². The molecule has 1 heterocycles. The van der Waals surface area contributed by atoms with Crippen molar-refractivity contribution in [3.8, 4) is 22.3 Å². The maximum atomic E-state index is 2.50. The van der Waals surface area contributed by atoms with E-state index in [1.165, 1.54) is 74.8 Å². The molecule has 0 fully saturated rings. The first kappa shape index (κ1) is 26.5. The Morgan fingerprint density at radius 1 is 0.511 bits per heavy atom. The molecule has 0 amide bonds. The Bertz CT molecular complexity index is 2400. The van der Waals surface area contributed by atoms with Crippen LogP contribution in [0, 0.1) is 0 Å². The van der Waals surface area contributed by atoms with Crippen LogP contribution < -0.4 is 4.90 Å². The summed E-state index contributed by atoms with van der Waals surface area (Å²) in [4.78, 5) is 2.50. The molecule has 0 radical (unpaired) electrons. The summed E-state index contributed by atoms with van der Waals surface area (Å²) >= 11 is 0.242. The van der Waals surface area contributed by atoms with Crippen molar-refractivity contribution in [3.63, 3.8) is 0 Å². The summed E-state index contributed by atoms with van der Waals surface area (Å²) in [5, 5.41) is 5.43. The molecule has 0 unspecified atom stereocenters. The van der Waals surface area contributed by atoms with Gasteiger partial charge in [0.2, 0.25) is 0 Å². The Morgan fingerprint density at radius 3 is 2.09 bits per heavy atom. The fourth-order valence-electron chi connectivity index (χ4n) is 7.41. The van der Waals surface area contributed by atoms with Crippen LogP contribution in [-0.2, 0) is 5.41 Å². The summed E-state index contributed by atoms with van der Waals surface area (Å²) in [6, 6.07) is 56.2. The zero-order chi connectivity index (χ0) is 30.1. The molecule has 45 heavy (non-hydrogen) atoms. The van der Waals surface area contributed by atoms with Crippen LogP contribution in [0.25, 0.3) is 52.3 Å². The molecule has 0 aliphatic heterocycles. The van der Waals surface area contributed by atoms with Gasteiger partial charge in [-0.05, 0) is 0 Å². The van der Waals surface area contributed by atoms with E-state index in [4.69, 9.17) is 0 Å². The fourth-order valence-corrected chi connectivity index (χ4v) is 10.1. The van der Waals surface area contributed by atoms with E-state index >= 15 is 0 Å². The van der Waals surface area contributed by atoms with E-state index < -0.39 is 0 Å². The summed E-state index contributed by atoms with van der Waals surface area (Å²) < 4.78 is 2.95. The van der Waals surface area contributed by atoms with Crippen LogP contribution >= 0.6 is 0 Å². The molecule has 8 aromatic rings. The molecular weight excluding hydrogens is 609 g/mol. The molecule has 1 aromatic heterocycles. The topological polar surface area (TPSA) is 3.24 Å². The van der Waals surface area contributed by atoms with Gasteiger partial charge in [-0.1, -0.05) is 0 Å². The molecule has 1 aliphatic carbocycles. The standard InChI is InChI=1S/C43H31NSe/c1-43(2)37-16-8-6-14-33(37)34-26-24-32(27-38(34)43)44(31-22-19-29(20-23-31)28-11-4-3-5-12-28)39-17-10-13-30-21-25-36-35-15-7-9-18-40(35)45-42(36)41(30)39/h3-27H,1-2H3. The Morgan fingerprint density at radius 2 is 1.22 bits per heavy atom. The normalized spacial score (nSPS) is 13.3. The molecule has 0 atom stereocenters. The molecule has 214 valence electrons. The van der Waals surface area contributed by atoms with Crippen molar-refractivity contribution in [2.24, 2.45) is 0 Å². The monoisotopic (exact) mass is 641 g/mol. The Balaban J connectivity index is 1.30. The van der Waals surface area contributed by atoms with Gasteiger partial charge in [-0.25, -0.2) is 0 Å². The van der Waals surface area contributed by atoms with Crippen LogP contribution in [0.2, 0.25) is 0 Å².